The number of aliphatic hydroxyl groups excluding tert-OH is 1. The fourth-order valence-corrected chi connectivity index (χ4v) is 2.34. The molecule has 2 rings (SSSR count). The van der Waals surface area contributed by atoms with Gasteiger partial charge < -0.3 is 10.4 Å². The standard InChI is InChI=1S/C14H17F2NO2/c15-10-2-1-9(13(16)8-10)7-14(19)17-11-3-5-12(18)6-4-11/h1-2,8,11-12,18H,3-7H2,(H,17,19). The molecule has 0 spiro atoms. The molecule has 0 unspecified atom stereocenters. The highest BCUT2D eigenvalue weighted by atomic mass is 19.1. The Morgan fingerprint density at radius 1 is 1.26 bits per heavy atom. The predicted octanol–water partition coefficient (Wildman–Crippen LogP) is 1.93. The van der Waals surface area contributed by atoms with E-state index in [0.717, 1.165) is 25.0 Å². The Labute approximate surface area is 110 Å². The van der Waals surface area contributed by atoms with Gasteiger partial charge in [0, 0.05) is 12.1 Å². The van der Waals surface area contributed by atoms with Crippen LogP contribution in [0.15, 0.2) is 18.2 Å². The van der Waals surface area contributed by atoms with E-state index in [0.29, 0.717) is 12.8 Å². The van der Waals surface area contributed by atoms with Crippen molar-refractivity contribution in [2.24, 2.45) is 0 Å². The minimum Gasteiger partial charge on any atom is -0.393 e. The van der Waals surface area contributed by atoms with E-state index in [1.807, 2.05) is 0 Å². The highest BCUT2D eigenvalue weighted by molar-refractivity contribution is 5.78. The number of hydrogen-bond donors (Lipinski definition) is 2. The van der Waals surface area contributed by atoms with E-state index in [4.69, 9.17) is 0 Å². The van der Waals surface area contributed by atoms with Crippen molar-refractivity contribution < 1.29 is 18.7 Å². The average Bonchev–Trinajstić information content (AvgIpc) is 2.36. The van der Waals surface area contributed by atoms with Crippen LogP contribution in [-0.2, 0) is 11.2 Å². The van der Waals surface area contributed by atoms with Crippen molar-refractivity contribution in [3.8, 4) is 0 Å². The van der Waals surface area contributed by atoms with Crippen molar-refractivity contribution in [1.82, 2.24) is 5.32 Å². The van der Waals surface area contributed by atoms with Crippen LogP contribution in [0.3, 0.4) is 0 Å². The number of rotatable bonds is 3. The molecule has 0 atom stereocenters. The molecule has 0 radical (unpaired) electrons. The second-order valence-corrected chi connectivity index (χ2v) is 4.99. The van der Waals surface area contributed by atoms with E-state index in [9.17, 15) is 18.7 Å². The second kappa shape index (κ2) is 6.10. The predicted molar refractivity (Wildman–Crippen MR) is 66.5 cm³/mol. The molecular weight excluding hydrogens is 252 g/mol. The van der Waals surface area contributed by atoms with Crippen molar-refractivity contribution >= 4 is 5.91 Å². The molecule has 1 aliphatic carbocycles. The average molecular weight is 269 g/mol. The Balaban J connectivity index is 1.87. The fraction of sp³-hybridized carbons (Fsp3) is 0.500. The van der Waals surface area contributed by atoms with Crippen LogP contribution in [0.1, 0.15) is 31.2 Å². The van der Waals surface area contributed by atoms with Gasteiger partial charge in [-0.3, -0.25) is 4.79 Å². The molecule has 1 aromatic rings. The summed E-state index contributed by atoms with van der Waals surface area (Å²) in [4.78, 5) is 11.8. The van der Waals surface area contributed by atoms with Crippen LogP contribution in [0, 0.1) is 11.6 Å². The van der Waals surface area contributed by atoms with Crippen LogP contribution in [0.5, 0.6) is 0 Å². The number of amides is 1. The highest BCUT2D eigenvalue weighted by Gasteiger charge is 2.21. The summed E-state index contributed by atoms with van der Waals surface area (Å²) in [5.41, 5.74) is 0.190. The third kappa shape index (κ3) is 3.99. The summed E-state index contributed by atoms with van der Waals surface area (Å²) in [6, 6.07) is 3.25. The van der Waals surface area contributed by atoms with Gasteiger partial charge >= 0.3 is 0 Å². The van der Waals surface area contributed by atoms with E-state index in [-0.39, 0.29) is 30.0 Å². The summed E-state index contributed by atoms with van der Waals surface area (Å²) in [6.07, 6.45) is 2.46. The summed E-state index contributed by atoms with van der Waals surface area (Å²) in [6.45, 7) is 0. The summed E-state index contributed by atoms with van der Waals surface area (Å²) < 4.78 is 26.1. The van der Waals surface area contributed by atoms with Crippen molar-refractivity contribution in [3.63, 3.8) is 0 Å². The molecule has 1 aliphatic rings. The van der Waals surface area contributed by atoms with Gasteiger partial charge in [-0.25, -0.2) is 8.78 Å². The van der Waals surface area contributed by atoms with Crippen LogP contribution < -0.4 is 5.32 Å². The molecule has 19 heavy (non-hydrogen) atoms. The van der Waals surface area contributed by atoms with Gasteiger partial charge in [0.1, 0.15) is 11.6 Å². The fourth-order valence-electron chi connectivity index (χ4n) is 2.34. The first-order chi connectivity index (χ1) is 9.04. The lowest BCUT2D eigenvalue weighted by atomic mass is 9.93. The first kappa shape index (κ1) is 13.9. The zero-order chi connectivity index (χ0) is 13.8. The van der Waals surface area contributed by atoms with E-state index in [1.54, 1.807) is 0 Å². The normalized spacial score (nSPS) is 23.1. The van der Waals surface area contributed by atoms with E-state index < -0.39 is 11.6 Å². The van der Waals surface area contributed by atoms with Crippen LogP contribution in [-0.4, -0.2) is 23.2 Å². The molecule has 5 heteroatoms. The maximum Gasteiger partial charge on any atom is 0.224 e. The lowest BCUT2D eigenvalue weighted by Gasteiger charge is -2.26. The minimum atomic E-state index is -0.700. The van der Waals surface area contributed by atoms with Crippen LogP contribution in [0.25, 0.3) is 0 Å². The highest BCUT2D eigenvalue weighted by Crippen LogP contribution is 2.18. The Bertz CT molecular complexity index is 457. The van der Waals surface area contributed by atoms with Gasteiger partial charge in [0.05, 0.1) is 12.5 Å². The summed E-state index contributed by atoms with van der Waals surface area (Å²) in [5, 5.41) is 12.2. The molecule has 0 bridgehead atoms. The van der Waals surface area contributed by atoms with E-state index in [1.165, 1.54) is 6.07 Å². The summed E-state index contributed by atoms with van der Waals surface area (Å²) >= 11 is 0. The van der Waals surface area contributed by atoms with Gasteiger partial charge in [-0.15, -0.1) is 0 Å². The Kier molecular flexibility index (Phi) is 4.47. The lowest BCUT2D eigenvalue weighted by molar-refractivity contribution is -0.121. The van der Waals surface area contributed by atoms with Crippen molar-refractivity contribution in [1.29, 1.82) is 0 Å². The van der Waals surface area contributed by atoms with Gasteiger partial charge in [0.2, 0.25) is 5.91 Å². The van der Waals surface area contributed by atoms with E-state index in [2.05, 4.69) is 5.32 Å². The molecule has 1 aromatic carbocycles. The monoisotopic (exact) mass is 269 g/mol. The number of carbonyl (C=O) groups excluding carboxylic acids is 1. The van der Waals surface area contributed by atoms with Gasteiger partial charge in [0.15, 0.2) is 0 Å². The molecular formula is C14H17F2NO2. The second-order valence-electron chi connectivity index (χ2n) is 4.99. The molecule has 0 aromatic heterocycles. The van der Waals surface area contributed by atoms with Crippen molar-refractivity contribution in [2.75, 3.05) is 0 Å². The number of hydrogen-bond acceptors (Lipinski definition) is 2. The van der Waals surface area contributed by atoms with Gasteiger partial charge in [0.25, 0.3) is 0 Å². The molecule has 0 heterocycles. The van der Waals surface area contributed by atoms with Gasteiger partial charge in [-0.05, 0) is 37.3 Å². The van der Waals surface area contributed by atoms with Gasteiger partial charge in [-0.2, -0.15) is 0 Å². The molecule has 0 saturated heterocycles. The topological polar surface area (TPSA) is 49.3 Å². The smallest absolute Gasteiger partial charge is 0.224 e. The quantitative estimate of drug-likeness (QED) is 0.881. The van der Waals surface area contributed by atoms with Crippen LogP contribution in [0.2, 0.25) is 0 Å². The molecule has 3 nitrogen and oxygen atoms in total. The number of nitrogens with one attached hydrogen (secondary N) is 1. The molecule has 1 amide bonds. The summed E-state index contributed by atoms with van der Waals surface area (Å²) in [5.74, 6) is -1.62. The van der Waals surface area contributed by atoms with Crippen molar-refractivity contribution in [3.05, 3.63) is 35.4 Å². The van der Waals surface area contributed by atoms with Crippen LogP contribution >= 0.6 is 0 Å². The number of halogens is 2. The number of benzene rings is 1. The first-order valence-corrected chi connectivity index (χ1v) is 6.46. The third-order valence-corrected chi connectivity index (χ3v) is 3.43. The zero-order valence-electron chi connectivity index (χ0n) is 10.5. The summed E-state index contributed by atoms with van der Waals surface area (Å²) in [7, 11) is 0. The maximum atomic E-state index is 13.4. The molecule has 2 N–H and O–H groups in total. The zero-order valence-corrected chi connectivity index (χ0v) is 10.5. The SMILES string of the molecule is O=C(Cc1ccc(F)cc1F)NC1CCC(O)CC1. The first-order valence-electron chi connectivity index (χ1n) is 6.46. The Hall–Kier alpha value is -1.49. The van der Waals surface area contributed by atoms with Gasteiger partial charge in [-0.1, -0.05) is 6.07 Å². The van der Waals surface area contributed by atoms with Crippen molar-refractivity contribution in [2.45, 2.75) is 44.2 Å². The Morgan fingerprint density at radius 2 is 1.95 bits per heavy atom. The molecule has 1 saturated carbocycles. The Morgan fingerprint density at radius 3 is 2.58 bits per heavy atom. The lowest BCUT2D eigenvalue weighted by Crippen LogP contribution is -2.39. The minimum absolute atomic E-state index is 0.0411. The largest absolute Gasteiger partial charge is 0.393 e. The molecule has 104 valence electrons. The molecule has 1 fully saturated rings. The number of carbonyl (C=O) groups is 1. The molecule has 0 aliphatic heterocycles. The maximum absolute atomic E-state index is 13.4. The van der Waals surface area contributed by atoms with E-state index >= 15 is 0 Å². The number of aliphatic hydroxyl groups is 1. The third-order valence-electron chi connectivity index (χ3n) is 3.43. The van der Waals surface area contributed by atoms with Crippen LogP contribution in [0.4, 0.5) is 8.78 Å².